The van der Waals surface area contributed by atoms with Crippen molar-refractivity contribution in [2.45, 2.75) is 49.9 Å². The quantitative estimate of drug-likeness (QED) is 0.845. The fourth-order valence-electron chi connectivity index (χ4n) is 4.04. The summed E-state index contributed by atoms with van der Waals surface area (Å²) in [5.41, 5.74) is 0.664. The second-order valence-corrected chi connectivity index (χ2v) is 7.30. The molecule has 2 N–H and O–H groups in total. The van der Waals surface area contributed by atoms with E-state index in [2.05, 4.69) is 10.6 Å². The topological polar surface area (TPSA) is 50.4 Å². The van der Waals surface area contributed by atoms with Gasteiger partial charge in [-0.15, -0.1) is 0 Å². The minimum Gasteiger partial charge on any atom is -0.476 e. The van der Waals surface area contributed by atoms with E-state index in [1.54, 1.807) is 12.1 Å². The third-order valence-electron chi connectivity index (χ3n) is 5.30. The summed E-state index contributed by atoms with van der Waals surface area (Å²) in [5, 5.41) is 6.64. The monoisotopic (exact) mass is 372 g/mol. The number of nitrogens with one attached hydrogen (secondary N) is 2. The van der Waals surface area contributed by atoms with Crippen LogP contribution < -0.4 is 15.4 Å². The number of piperidine rings is 1. The second-order valence-electron chi connectivity index (χ2n) is 7.30. The van der Waals surface area contributed by atoms with Crippen LogP contribution in [-0.2, 0) is 4.79 Å². The average Bonchev–Trinajstić information content (AvgIpc) is 3.01. The van der Waals surface area contributed by atoms with Crippen LogP contribution in [-0.4, -0.2) is 24.0 Å². The van der Waals surface area contributed by atoms with Gasteiger partial charge in [-0.1, -0.05) is 30.3 Å². The SMILES string of the molecule is O=C(NC1CC2CCC(C1)N2)C(Oc1ccc(F)c(F)c1)c1ccccc1. The van der Waals surface area contributed by atoms with E-state index in [9.17, 15) is 13.6 Å². The first kappa shape index (κ1) is 17.9. The van der Waals surface area contributed by atoms with Gasteiger partial charge in [-0.3, -0.25) is 4.79 Å². The zero-order valence-corrected chi connectivity index (χ0v) is 14.8. The average molecular weight is 372 g/mol. The van der Waals surface area contributed by atoms with Gasteiger partial charge in [-0.05, 0) is 37.8 Å². The minimum absolute atomic E-state index is 0.0935. The van der Waals surface area contributed by atoms with E-state index < -0.39 is 17.7 Å². The minimum atomic E-state index is -1.00. The lowest BCUT2D eigenvalue weighted by atomic mass is 9.99. The van der Waals surface area contributed by atoms with E-state index in [4.69, 9.17) is 4.74 Å². The van der Waals surface area contributed by atoms with Crippen molar-refractivity contribution >= 4 is 5.91 Å². The fourth-order valence-corrected chi connectivity index (χ4v) is 4.04. The summed E-state index contributed by atoms with van der Waals surface area (Å²) in [6.45, 7) is 0. The summed E-state index contributed by atoms with van der Waals surface area (Å²) in [6.07, 6.45) is 3.15. The Labute approximate surface area is 156 Å². The van der Waals surface area contributed by atoms with Gasteiger partial charge in [0, 0.05) is 29.8 Å². The van der Waals surface area contributed by atoms with Gasteiger partial charge in [0.2, 0.25) is 6.10 Å². The van der Waals surface area contributed by atoms with E-state index in [0.29, 0.717) is 17.6 Å². The predicted octanol–water partition coefficient (Wildman–Crippen LogP) is 3.48. The van der Waals surface area contributed by atoms with Crippen molar-refractivity contribution in [2.24, 2.45) is 0 Å². The normalized spacial score (nSPS) is 25.0. The largest absolute Gasteiger partial charge is 0.476 e. The summed E-state index contributed by atoms with van der Waals surface area (Å²) in [5.74, 6) is -2.11. The molecule has 2 fully saturated rings. The van der Waals surface area contributed by atoms with Gasteiger partial charge in [-0.2, -0.15) is 0 Å². The Kier molecular flexibility index (Phi) is 5.07. The molecule has 0 radical (unpaired) electrons. The van der Waals surface area contributed by atoms with Crippen LogP contribution in [0.25, 0.3) is 0 Å². The number of fused-ring (bicyclic) bond motifs is 2. The highest BCUT2D eigenvalue weighted by molar-refractivity contribution is 5.83. The third kappa shape index (κ3) is 4.11. The molecule has 2 heterocycles. The number of rotatable bonds is 5. The maximum Gasteiger partial charge on any atom is 0.266 e. The molecule has 142 valence electrons. The Bertz CT molecular complexity index is 803. The van der Waals surface area contributed by atoms with E-state index in [1.807, 2.05) is 18.2 Å². The van der Waals surface area contributed by atoms with Crippen molar-refractivity contribution in [1.82, 2.24) is 10.6 Å². The maximum absolute atomic E-state index is 13.5. The molecule has 0 saturated carbocycles. The Morgan fingerprint density at radius 2 is 1.74 bits per heavy atom. The zero-order chi connectivity index (χ0) is 18.8. The van der Waals surface area contributed by atoms with Crippen LogP contribution in [0.4, 0.5) is 8.78 Å². The van der Waals surface area contributed by atoms with Gasteiger partial charge >= 0.3 is 0 Å². The van der Waals surface area contributed by atoms with Crippen molar-refractivity contribution in [3.8, 4) is 5.75 Å². The number of hydrogen-bond donors (Lipinski definition) is 2. The Morgan fingerprint density at radius 3 is 2.41 bits per heavy atom. The number of amides is 1. The van der Waals surface area contributed by atoms with Crippen LogP contribution in [0.1, 0.15) is 37.4 Å². The standard InChI is InChI=1S/C21H22F2N2O2/c22-18-9-8-17(12-19(18)23)27-20(13-4-2-1-3-5-13)21(26)25-16-10-14-6-7-15(11-16)24-14/h1-5,8-9,12,14-16,20,24H,6-7,10-11H2,(H,25,26). The second kappa shape index (κ2) is 7.64. The lowest BCUT2D eigenvalue weighted by Crippen LogP contribution is -2.49. The van der Waals surface area contributed by atoms with Gasteiger partial charge in [0.25, 0.3) is 5.91 Å². The summed E-state index contributed by atoms with van der Waals surface area (Å²) in [7, 11) is 0. The number of hydrogen-bond acceptors (Lipinski definition) is 3. The molecule has 3 atom stereocenters. The van der Waals surface area contributed by atoms with E-state index in [-0.39, 0.29) is 17.7 Å². The molecule has 2 aromatic rings. The molecule has 27 heavy (non-hydrogen) atoms. The summed E-state index contributed by atoms with van der Waals surface area (Å²) in [6, 6.07) is 13.3. The van der Waals surface area contributed by atoms with Crippen molar-refractivity contribution in [3.63, 3.8) is 0 Å². The molecule has 4 nitrogen and oxygen atoms in total. The molecule has 0 aromatic heterocycles. The predicted molar refractivity (Wildman–Crippen MR) is 97.3 cm³/mol. The molecule has 6 heteroatoms. The number of benzene rings is 2. The molecule has 2 saturated heterocycles. The molecular weight excluding hydrogens is 350 g/mol. The first-order chi connectivity index (χ1) is 13.1. The molecule has 4 rings (SSSR count). The number of halogens is 2. The number of carbonyl (C=O) groups excluding carboxylic acids is 1. The Balaban J connectivity index is 1.52. The van der Waals surface area contributed by atoms with Crippen LogP contribution >= 0.6 is 0 Å². The van der Waals surface area contributed by atoms with E-state index >= 15 is 0 Å². The van der Waals surface area contributed by atoms with Crippen LogP contribution in [0.3, 0.4) is 0 Å². The molecule has 2 bridgehead atoms. The summed E-state index contributed by atoms with van der Waals surface area (Å²) < 4.78 is 32.5. The molecule has 2 aromatic carbocycles. The van der Waals surface area contributed by atoms with Crippen molar-refractivity contribution < 1.29 is 18.3 Å². The lowest BCUT2D eigenvalue weighted by Gasteiger charge is -2.31. The lowest BCUT2D eigenvalue weighted by molar-refractivity contribution is -0.129. The molecule has 2 aliphatic rings. The number of carbonyl (C=O) groups is 1. The molecular formula is C21H22F2N2O2. The first-order valence-electron chi connectivity index (χ1n) is 9.31. The molecule has 1 amide bonds. The Morgan fingerprint density at radius 1 is 1.04 bits per heavy atom. The molecule has 0 aliphatic carbocycles. The van der Waals surface area contributed by atoms with Crippen LogP contribution in [0.5, 0.6) is 5.75 Å². The molecule has 3 unspecified atom stereocenters. The van der Waals surface area contributed by atoms with Crippen molar-refractivity contribution in [1.29, 1.82) is 0 Å². The fraction of sp³-hybridized carbons (Fsp3) is 0.381. The zero-order valence-electron chi connectivity index (χ0n) is 14.8. The molecule has 2 aliphatic heterocycles. The third-order valence-corrected chi connectivity index (χ3v) is 5.30. The van der Waals surface area contributed by atoms with Gasteiger partial charge < -0.3 is 15.4 Å². The van der Waals surface area contributed by atoms with E-state index in [1.165, 1.54) is 6.07 Å². The van der Waals surface area contributed by atoms with Crippen LogP contribution in [0.15, 0.2) is 48.5 Å². The van der Waals surface area contributed by atoms with Crippen molar-refractivity contribution in [2.75, 3.05) is 0 Å². The highest BCUT2D eigenvalue weighted by Crippen LogP contribution is 2.28. The van der Waals surface area contributed by atoms with Gasteiger partial charge in [0.15, 0.2) is 11.6 Å². The smallest absolute Gasteiger partial charge is 0.266 e. The van der Waals surface area contributed by atoms with E-state index in [0.717, 1.165) is 37.8 Å². The summed E-state index contributed by atoms with van der Waals surface area (Å²) >= 11 is 0. The van der Waals surface area contributed by atoms with Gasteiger partial charge in [-0.25, -0.2) is 8.78 Å². The van der Waals surface area contributed by atoms with Gasteiger partial charge in [0.05, 0.1) is 0 Å². The maximum atomic E-state index is 13.5. The highest BCUT2D eigenvalue weighted by Gasteiger charge is 2.35. The first-order valence-corrected chi connectivity index (χ1v) is 9.31. The molecule has 0 spiro atoms. The number of ether oxygens (including phenoxy) is 1. The van der Waals surface area contributed by atoms with Crippen LogP contribution in [0, 0.1) is 11.6 Å². The highest BCUT2D eigenvalue weighted by atomic mass is 19.2. The van der Waals surface area contributed by atoms with Crippen molar-refractivity contribution in [3.05, 3.63) is 65.7 Å². The van der Waals surface area contributed by atoms with Gasteiger partial charge in [0.1, 0.15) is 5.75 Å². The Hall–Kier alpha value is -2.47. The van der Waals surface area contributed by atoms with Crippen LogP contribution in [0.2, 0.25) is 0 Å². The summed E-state index contributed by atoms with van der Waals surface area (Å²) in [4.78, 5) is 13.0.